The zero-order valence-corrected chi connectivity index (χ0v) is 13.7. The third kappa shape index (κ3) is 3.73. The minimum absolute atomic E-state index is 0.157. The molecule has 0 N–H and O–H groups in total. The number of carbonyl (C=O) groups is 2. The molecule has 1 unspecified atom stereocenters. The van der Waals surface area contributed by atoms with E-state index in [-0.39, 0.29) is 11.9 Å². The molecule has 1 aliphatic rings. The maximum atomic E-state index is 12.2. The molecule has 1 saturated heterocycles. The summed E-state index contributed by atoms with van der Waals surface area (Å²) in [7, 11) is 1.35. The van der Waals surface area contributed by atoms with Gasteiger partial charge in [0, 0.05) is 17.1 Å². The van der Waals surface area contributed by atoms with E-state index in [1.54, 1.807) is 11.0 Å². The van der Waals surface area contributed by atoms with Gasteiger partial charge in [0.05, 0.1) is 7.11 Å². The van der Waals surface area contributed by atoms with Crippen molar-refractivity contribution in [3.63, 3.8) is 0 Å². The molecular weight excluding hydrogens is 334 g/mol. The number of benzene rings is 1. The fourth-order valence-electron chi connectivity index (χ4n) is 2.44. The highest BCUT2D eigenvalue weighted by molar-refractivity contribution is 9.10. The number of rotatable bonds is 3. The first-order valence-corrected chi connectivity index (χ1v) is 7.65. The average Bonchev–Trinajstić information content (AvgIpc) is 2.94. The van der Waals surface area contributed by atoms with Crippen LogP contribution in [-0.4, -0.2) is 36.5 Å². The Kier molecular flexibility index (Phi) is 5.17. The van der Waals surface area contributed by atoms with Crippen LogP contribution in [0.15, 0.2) is 28.7 Å². The molecule has 112 valence electrons. The smallest absolute Gasteiger partial charge is 0.328 e. The van der Waals surface area contributed by atoms with Crippen molar-refractivity contribution in [1.29, 1.82) is 0 Å². The van der Waals surface area contributed by atoms with Gasteiger partial charge in [-0.25, -0.2) is 4.79 Å². The molecule has 2 rings (SSSR count). The van der Waals surface area contributed by atoms with Gasteiger partial charge in [0.25, 0.3) is 0 Å². The van der Waals surface area contributed by atoms with E-state index < -0.39 is 6.04 Å². The van der Waals surface area contributed by atoms with Crippen molar-refractivity contribution in [3.8, 4) is 0 Å². The maximum Gasteiger partial charge on any atom is 0.328 e. The summed E-state index contributed by atoms with van der Waals surface area (Å²) in [5, 5.41) is 0. The van der Waals surface area contributed by atoms with Crippen LogP contribution < -0.4 is 0 Å². The van der Waals surface area contributed by atoms with Crippen LogP contribution in [-0.2, 0) is 14.3 Å². The zero-order valence-electron chi connectivity index (χ0n) is 12.1. The van der Waals surface area contributed by atoms with Crippen molar-refractivity contribution in [2.45, 2.75) is 25.8 Å². The first-order chi connectivity index (χ1) is 10.0. The van der Waals surface area contributed by atoms with Crippen molar-refractivity contribution in [1.82, 2.24) is 4.90 Å². The Morgan fingerprint density at radius 3 is 2.86 bits per heavy atom. The Labute approximate surface area is 132 Å². The predicted octanol–water partition coefficient (Wildman–Crippen LogP) is 2.93. The number of nitrogens with zero attached hydrogens (tertiary/aromatic N) is 1. The van der Waals surface area contributed by atoms with Gasteiger partial charge in [-0.1, -0.05) is 28.1 Å². The van der Waals surface area contributed by atoms with Crippen molar-refractivity contribution in [3.05, 3.63) is 39.9 Å². The van der Waals surface area contributed by atoms with E-state index in [9.17, 15) is 9.59 Å². The molecular formula is C16H18BrNO3. The largest absolute Gasteiger partial charge is 0.467 e. The summed E-state index contributed by atoms with van der Waals surface area (Å²) in [5.41, 5.74) is 2.08. The number of halogens is 1. The quantitative estimate of drug-likeness (QED) is 0.621. The van der Waals surface area contributed by atoms with E-state index in [4.69, 9.17) is 4.74 Å². The second-order valence-electron chi connectivity index (χ2n) is 5.07. The summed E-state index contributed by atoms with van der Waals surface area (Å²) in [6.07, 6.45) is 4.77. The van der Waals surface area contributed by atoms with Gasteiger partial charge in [0.15, 0.2) is 0 Å². The second kappa shape index (κ2) is 6.89. The molecule has 5 heteroatoms. The van der Waals surface area contributed by atoms with Crippen LogP contribution in [0.3, 0.4) is 0 Å². The second-order valence-corrected chi connectivity index (χ2v) is 5.93. The molecule has 1 aliphatic heterocycles. The number of hydrogen-bond acceptors (Lipinski definition) is 3. The molecule has 0 aromatic heterocycles. The predicted molar refractivity (Wildman–Crippen MR) is 84.7 cm³/mol. The van der Waals surface area contributed by atoms with Gasteiger partial charge < -0.3 is 9.64 Å². The van der Waals surface area contributed by atoms with Crippen LogP contribution in [0, 0.1) is 6.92 Å². The molecule has 4 nitrogen and oxygen atoms in total. The monoisotopic (exact) mass is 351 g/mol. The Bertz CT molecular complexity index is 583. The minimum atomic E-state index is -0.450. The first-order valence-electron chi connectivity index (χ1n) is 6.85. The highest BCUT2D eigenvalue weighted by Crippen LogP contribution is 2.21. The van der Waals surface area contributed by atoms with Crippen LogP contribution in [0.1, 0.15) is 24.0 Å². The van der Waals surface area contributed by atoms with Gasteiger partial charge in [-0.15, -0.1) is 0 Å². The highest BCUT2D eigenvalue weighted by Gasteiger charge is 2.33. The normalized spacial score (nSPS) is 18.2. The van der Waals surface area contributed by atoms with E-state index in [0.29, 0.717) is 13.0 Å². The third-order valence-electron chi connectivity index (χ3n) is 3.57. The van der Waals surface area contributed by atoms with E-state index in [1.807, 2.05) is 25.1 Å². The van der Waals surface area contributed by atoms with Crippen molar-refractivity contribution >= 4 is 33.9 Å². The lowest BCUT2D eigenvalue weighted by Crippen LogP contribution is -2.40. The number of amides is 1. The number of methoxy groups -OCH3 is 1. The van der Waals surface area contributed by atoms with Crippen LogP contribution in [0.4, 0.5) is 0 Å². The lowest BCUT2D eigenvalue weighted by Gasteiger charge is -2.20. The first kappa shape index (κ1) is 15.8. The third-order valence-corrected chi connectivity index (χ3v) is 4.26. The standard InChI is InChI=1S/C16H18BrNO3/c1-11-5-6-12(13(17)10-11)7-8-15(19)18-9-3-4-14(18)16(20)21-2/h5-8,10,14H,3-4,9H2,1-2H3/b8-7+. The number of ether oxygens (including phenoxy) is 1. The molecule has 0 radical (unpaired) electrons. The zero-order chi connectivity index (χ0) is 15.4. The summed E-state index contributed by atoms with van der Waals surface area (Å²) in [5.74, 6) is -0.499. The molecule has 21 heavy (non-hydrogen) atoms. The fraction of sp³-hybridized carbons (Fsp3) is 0.375. The molecule has 1 amide bonds. The van der Waals surface area contributed by atoms with Crippen LogP contribution >= 0.6 is 15.9 Å². The summed E-state index contributed by atoms with van der Waals surface area (Å²) < 4.78 is 5.69. The van der Waals surface area contributed by atoms with Gasteiger partial charge in [0.1, 0.15) is 6.04 Å². The molecule has 0 spiro atoms. The Morgan fingerprint density at radius 2 is 2.19 bits per heavy atom. The van der Waals surface area contributed by atoms with Gasteiger partial charge in [-0.2, -0.15) is 0 Å². The summed E-state index contributed by atoms with van der Waals surface area (Å²) >= 11 is 3.48. The van der Waals surface area contributed by atoms with E-state index in [0.717, 1.165) is 22.0 Å². The van der Waals surface area contributed by atoms with E-state index in [1.165, 1.54) is 13.2 Å². The summed E-state index contributed by atoms with van der Waals surface area (Å²) in [6.45, 7) is 2.60. The molecule has 1 aromatic rings. The van der Waals surface area contributed by atoms with Crippen LogP contribution in [0.2, 0.25) is 0 Å². The Hall–Kier alpha value is -1.62. The molecule has 1 aromatic carbocycles. The number of esters is 1. The fourth-order valence-corrected chi connectivity index (χ4v) is 3.06. The minimum Gasteiger partial charge on any atom is -0.467 e. The SMILES string of the molecule is COC(=O)C1CCCN1C(=O)/C=C/c1ccc(C)cc1Br. The van der Waals surface area contributed by atoms with Gasteiger partial charge in [0.2, 0.25) is 5.91 Å². The topological polar surface area (TPSA) is 46.6 Å². The van der Waals surface area contributed by atoms with Gasteiger partial charge in [-0.05, 0) is 43.0 Å². The van der Waals surface area contributed by atoms with Crippen molar-refractivity contribution in [2.24, 2.45) is 0 Å². The van der Waals surface area contributed by atoms with Gasteiger partial charge >= 0.3 is 5.97 Å². The van der Waals surface area contributed by atoms with E-state index in [2.05, 4.69) is 15.9 Å². The number of aryl methyl sites for hydroxylation is 1. The average molecular weight is 352 g/mol. The number of likely N-dealkylation sites (tertiary alicyclic amines) is 1. The molecule has 1 fully saturated rings. The summed E-state index contributed by atoms with van der Waals surface area (Å²) in [6, 6.07) is 5.48. The van der Waals surface area contributed by atoms with E-state index >= 15 is 0 Å². The lowest BCUT2D eigenvalue weighted by molar-refractivity contribution is -0.149. The molecule has 0 saturated carbocycles. The molecule has 1 atom stereocenters. The Balaban J connectivity index is 2.10. The van der Waals surface area contributed by atoms with Crippen LogP contribution in [0.5, 0.6) is 0 Å². The molecule has 0 aliphatic carbocycles. The lowest BCUT2D eigenvalue weighted by atomic mass is 10.1. The van der Waals surface area contributed by atoms with Crippen LogP contribution in [0.25, 0.3) is 6.08 Å². The molecule has 0 bridgehead atoms. The maximum absolute atomic E-state index is 12.2. The highest BCUT2D eigenvalue weighted by atomic mass is 79.9. The molecule has 1 heterocycles. The van der Waals surface area contributed by atoms with Crippen molar-refractivity contribution in [2.75, 3.05) is 13.7 Å². The Morgan fingerprint density at radius 1 is 1.43 bits per heavy atom. The number of hydrogen-bond donors (Lipinski definition) is 0. The number of carbonyl (C=O) groups excluding carboxylic acids is 2. The summed E-state index contributed by atoms with van der Waals surface area (Å²) in [4.78, 5) is 25.5. The van der Waals surface area contributed by atoms with Crippen molar-refractivity contribution < 1.29 is 14.3 Å². The van der Waals surface area contributed by atoms with Gasteiger partial charge in [-0.3, -0.25) is 4.79 Å².